The standard InChI is InChI=1S/C26H49N3O4/c1-5-6-7-8-9-11-16-29-17-12-10-13-23(29)24(31)18-21(20(4)30)26(33)28-22(14-15-27)25(32)19(2)3/h19-23,30H,5-18,27H2,1-4H3,(H,28,33)/t20-,21-,22-,23-/m0/s1. The van der Waals surface area contributed by atoms with Gasteiger partial charge in [0.05, 0.1) is 24.1 Å². The number of unbranched alkanes of at least 4 members (excludes halogenated alkanes) is 5. The van der Waals surface area contributed by atoms with E-state index in [9.17, 15) is 19.5 Å². The molecule has 0 bridgehead atoms. The van der Waals surface area contributed by atoms with Crippen LogP contribution in [0.5, 0.6) is 0 Å². The maximum absolute atomic E-state index is 13.2. The molecule has 0 aromatic carbocycles. The van der Waals surface area contributed by atoms with Gasteiger partial charge in [0, 0.05) is 12.3 Å². The number of likely N-dealkylation sites (tertiary alicyclic amines) is 1. The first-order valence-corrected chi connectivity index (χ1v) is 13.2. The van der Waals surface area contributed by atoms with Gasteiger partial charge < -0.3 is 16.2 Å². The van der Waals surface area contributed by atoms with Crippen molar-refractivity contribution in [3.05, 3.63) is 0 Å². The van der Waals surface area contributed by atoms with Crippen molar-refractivity contribution < 1.29 is 19.5 Å². The Balaban J connectivity index is 2.72. The third kappa shape index (κ3) is 10.7. The van der Waals surface area contributed by atoms with E-state index < -0.39 is 24.0 Å². The second-order valence-electron chi connectivity index (χ2n) is 10.0. The maximum Gasteiger partial charge on any atom is 0.226 e. The Labute approximate surface area is 201 Å². The predicted molar refractivity (Wildman–Crippen MR) is 133 cm³/mol. The fraction of sp³-hybridized carbons (Fsp3) is 0.885. The number of aliphatic hydroxyl groups is 1. The summed E-state index contributed by atoms with van der Waals surface area (Å²) < 4.78 is 0. The second kappa shape index (κ2) is 16.3. The molecule has 7 heteroatoms. The molecule has 0 spiro atoms. The lowest BCUT2D eigenvalue weighted by Crippen LogP contribution is -2.50. The van der Waals surface area contributed by atoms with Crippen molar-refractivity contribution in [3.8, 4) is 0 Å². The molecular weight excluding hydrogens is 418 g/mol. The van der Waals surface area contributed by atoms with E-state index >= 15 is 0 Å². The molecule has 1 amide bonds. The second-order valence-corrected chi connectivity index (χ2v) is 10.0. The summed E-state index contributed by atoms with van der Waals surface area (Å²) in [5, 5.41) is 13.1. The van der Waals surface area contributed by atoms with Crippen LogP contribution in [0.25, 0.3) is 0 Å². The summed E-state index contributed by atoms with van der Waals surface area (Å²) in [4.78, 5) is 40.9. The van der Waals surface area contributed by atoms with Gasteiger partial charge in [-0.2, -0.15) is 0 Å². The average Bonchev–Trinajstić information content (AvgIpc) is 2.78. The molecule has 0 unspecified atom stereocenters. The molecule has 1 saturated heterocycles. The van der Waals surface area contributed by atoms with Gasteiger partial charge in [-0.3, -0.25) is 19.3 Å². The largest absolute Gasteiger partial charge is 0.393 e. The molecule has 4 N–H and O–H groups in total. The summed E-state index contributed by atoms with van der Waals surface area (Å²) in [5.74, 6) is -1.60. The van der Waals surface area contributed by atoms with Crippen molar-refractivity contribution in [2.45, 2.75) is 117 Å². The Morgan fingerprint density at radius 2 is 1.73 bits per heavy atom. The molecule has 192 valence electrons. The highest BCUT2D eigenvalue weighted by Crippen LogP contribution is 2.23. The smallest absolute Gasteiger partial charge is 0.226 e. The number of carbonyl (C=O) groups is 3. The van der Waals surface area contributed by atoms with Crippen LogP contribution in [0, 0.1) is 11.8 Å². The quantitative estimate of drug-likeness (QED) is 0.283. The van der Waals surface area contributed by atoms with Crippen LogP contribution in [-0.2, 0) is 14.4 Å². The molecule has 0 saturated carbocycles. The van der Waals surface area contributed by atoms with Crippen molar-refractivity contribution in [1.82, 2.24) is 10.2 Å². The van der Waals surface area contributed by atoms with Crippen LogP contribution in [0.1, 0.15) is 98.3 Å². The van der Waals surface area contributed by atoms with E-state index in [1.54, 1.807) is 13.8 Å². The van der Waals surface area contributed by atoms with Crippen LogP contribution in [-0.4, -0.2) is 65.3 Å². The zero-order valence-corrected chi connectivity index (χ0v) is 21.5. The summed E-state index contributed by atoms with van der Waals surface area (Å²) in [6.45, 7) is 9.43. The number of Topliss-reactive ketones (excluding diaryl/α,β-unsaturated/α-hetero) is 2. The van der Waals surface area contributed by atoms with E-state index in [2.05, 4.69) is 17.1 Å². The van der Waals surface area contributed by atoms with Crippen LogP contribution in [0.3, 0.4) is 0 Å². The van der Waals surface area contributed by atoms with E-state index in [-0.39, 0.29) is 36.5 Å². The number of rotatable bonds is 17. The SMILES string of the molecule is CCCCCCCCN1CCCC[C@H]1C(=O)C[C@H](C(=O)N[C@@H](CCN)C(=O)C(C)C)[C@H](C)O. The van der Waals surface area contributed by atoms with Gasteiger partial charge in [-0.25, -0.2) is 0 Å². The maximum atomic E-state index is 13.2. The van der Waals surface area contributed by atoms with Crippen LogP contribution < -0.4 is 11.1 Å². The molecule has 0 aromatic heterocycles. The highest BCUT2D eigenvalue weighted by Gasteiger charge is 2.35. The molecule has 1 aliphatic heterocycles. The number of hydrogen-bond acceptors (Lipinski definition) is 6. The van der Waals surface area contributed by atoms with Gasteiger partial charge in [-0.15, -0.1) is 0 Å². The van der Waals surface area contributed by atoms with Crippen LogP contribution in [0.15, 0.2) is 0 Å². The predicted octanol–water partition coefficient (Wildman–Crippen LogP) is 3.22. The Hall–Kier alpha value is -1.31. The fourth-order valence-corrected chi connectivity index (χ4v) is 4.69. The Morgan fingerprint density at radius 1 is 1.06 bits per heavy atom. The third-order valence-electron chi connectivity index (χ3n) is 6.81. The summed E-state index contributed by atoms with van der Waals surface area (Å²) in [6.07, 6.45) is 9.58. The first-order valence-electron chi connectivity index (χ1n) is 13.2. The van der Waals surface area contributed by atoms with Crippen molar-refractivity contribution in [2.75, 3.05) is 19.6 Å². The highest BCUT2D eigenvalue weighted by molar-refractivity contribution is 5.93. The van der Waals surface area contributed by atoms with Crippen molar-refractivity contribution in [1.29, 1.82) is 0 Å². The summed E-state index contributed by atoms with van der Waals surface area (Å²) in [5.41, 5.74) is 5.63. The van der Waals surface area contributed by atoms with Gasteiger partial charge in [0.25, 0.3) is 0 Å². The minimum Gasteiger partial charge on any atom is -0.393 e. The van der Waals surface area contributed by atoms with Gasteiger partial charge >= 0.3 is 0 Å². The number of ketones is 2. The van der Waals surface area contributed by atoms with E-state index in [1.807, 2.05) is 0 Å². The number of nitrogens with two attached hydrogens (primary N) is 1. The first-order chi connectivity index (χ1) is 15.7. The van der Waals surface area contributed by atoms with Gasteiger partial charge in [0.1, 0.15) is 0 Å². The minimum absolute atomic E-state index is 0.00756. The molecule has 0 radical (unpaired) electrons. The van der Waals surface area contributed by atoms with Gasteiger partial charge in [0.15, 0.2) is 11.6 Å². The molecule has 0 aliphatic carbocycles. The first kappa shape index (κ1) is 29.7. The Kier molecular flexibility index (Phi) is 14.7. The average molecular weight is 468 g/mol. The molecule has 1 fully saturated rings. The molecule has 7 nitrogen and oxygen atoms in total. The molecule has 4 atom stereocenters. The van der Waals surface area contributed by atoms with Gasteiger partial charge in [-0.05, 0) is 52.2 Å². The van der Waals surface area contributed by atoms with Crippen molar-refractivity contribution in [2.24, 2.45) is 17.6 Å². The number of nitrogens with one attached hydrogen (secondary N) is 1. The highest BCUT2D eigenvalue weighted by atomic mass is 16.3. The molecule has 1 heterocycles. The number of hydrogen-bond donors (Lipinski definition) is 3. The number of nitrogens with zero attached hydrogens (tertiary/aromatic N) is 1. The van der Waals surface area contributed by atoms with E-state index in [4.69, 9.17) is 5.73 Å². The molecule has 0 aromatic rings. The number of amides is 1. The van der Waals surface area contributed by atoms with Crippen molar-refractivity contribution in [3.63, 3.8) is 0 Å². The normalized spacial score (nSPS) is 19.8. The Bertz CT molecular complexity index is 594. The topological polar surface area (TPSA) is 113 Å². The molecule has 1 aliphatic rings. The lowest BCUT2D eigenvalue weighted by Gasteiger charge is -2.35. The van der Waals surface area contributed by atoms with Crippen molar-refractivity contribution >= 4 is 17.5 Å². The summed E-state index contributed by atoms with van der Waals surface area (Å²) >= 11 is 0. The number of piperidine rings is 1. The molecule has 33 heavy (non-hydrogen) atoms. The van der Waals surface area contributed by atoms with Crippen LogP contribution >= 0.6 is 0 Å². The van der Waals surface area contributed by atoms with Gasteiger partial charge in [-0.1, -0.05) is 59.3 Å². The van der Waals surface area contributed by atoms with Crippen LogP contribution in [0.2, 0.25) is 0 Å². The van der Waals surface area contributed by atoms with E-state index in [1.165, 1.54) is 39.0 Å². The Morgan fingerprint density at radius 3 is 2.33 bits per heavy atom. The summed E-state index contributed by atoms with van der Waals surface area (Å²) in [6, 6.07) is -0.863. The molecular formula is C26H49N3O4. The zero-order valence-electron chi connectivity index (χ0n) is 21.5. The number of carbonyl (C=O) groups excluding carboxylic acids is 3. The minimum atomic E-state index is -0.975. The lowest BCUT2D eigenvalue weighted by atomic mass is 9.88. The van der Waals surface area contributed by atoms with E-state index in [0.717, 1.165) is 38.8 Å². The molecule has 1 rings (SSSR count). The summed E-state index contributed by atoms with van der Waals surface area (Å²) in [7, 11) is 0. The fourth-order valence-electron chi connectivity index (χ4n) is 4.69. The van der Waals surface area contributed by atoms with Crippen LogP contribution in [0.4, 0.5) is 0 Å². The zero-order chi connectivity index (χ0) is 24.8. The number of aliphatic hydroxyl groups excluding tert-OH is 1. The monoisotopic (exact) mass is 467 g/mol. The lowest BCUT2D eigenvalue weighted by molar-refractivity contribution is -0.137. The third-order valence-corrected chi connectivity index (χ3v) is 6.81. The van der Waals surface area contributed by atoms with Gasteiger partial charge in [0.2, 0.25) is 5.91 Å². The van der Waals surface area contributed by atoms with E-state index in [0.29, 0.717) is 6.42 Å².